The number of ketones is 1. The van der Waals surface area contributed by atoms with Gasteiger partial charge in [-0.1, -0.05) is 37.5 Å². The molecule has 0 unspecified atom stereocenters. The Labute approximate surface area is 205 Å². The summed E-state index contributed by atoms with van der Waals surface area (Å²) in [4.78, 5) is 14.3. The molecular formula is C31H39NO2. The highest BCUT2D eigenvalue weighted by atomic mass is 16.3. The smallest absolute Gasteiger partial charge is 0.156 e. The van der Waals surface area contributed by atoms with E-state index in [9.17, 15) is 9.90 Å². The fourth-order valence-corrected chi connectivity index (χ4v) is 7.49. The first-order valence-corrected chi connectivity index (χ1v) is 13.1. The van der Waals surface area contributed by atoms with E-state index < -0.39 is 5.60 Å². The van der Waals surface area contributed by atoms with Crippen molar-refractivity contribution < 1.29 is 9.90 Å². The molecule has 6 atom stereocenters. The first-order valence-electron chi connectivity index (χ1n) is 13.1. The van der Waals surface area contributed by atoms with Gasteiger partial charge >= 0.3 is 0 Å². The Morgan fingerprint density at radius 3 is 2.56 bits per heavy atom. The van der Waals surface area contributed by atoms with Crippen LogP contribution in [0.1, 0.15) is 77.2 Å². The van der Waals surface area contributed by atoms with E-state index in [1.807, 2.05) is 13.0 Å². The standard InChI is InChI=1S/C31H39NO2/c1-6-16-31(34)29-18-27(29)20(2)30(31,3)19-28(21-10-12-23(13-11-21)32(4)5)26-9-7-8-22-17-24(33)14-15-25(22)26/h10-13,17,20,27-29,34H,7-9,14-15,18-19H2,1-5H3/t20-,27+,28-,29+,30+,31+/m1/s1. The molecular weight excluding hydrogens is 418 g/mol. The molecule has 3 nitrogen and oxygen atoms in total. The Hall–Kier alpha value is -2.31. The monoisotopic (exact) mass is 457 g/mol. The van der Waals surface area contributed by atoms with Crippen LogP contribution in [0.2, 0.25) is 0 Å². The molecule has 4 aliphatic carbocycles. The molecule has 3 heteroatoms. The van der Waals surface area contributed by atoms with Gasteiger partial charge in [0.25, 0.3) is 0 Å². The predicted octanol–water partition coefficient (Wildman–Crippen LogP) is 6.04. The van der Waals surface area contributed by atoms with Crippen LogP contribution in [0.15, 0.2) is 47.1 Å². The van der Waals surface area contributed by atoms with E-state index >= 15 is 0 Å². The van der Waals surface area contributed by atoms with Crippen molar-refractivity contribution in [3.63, 3.8) is 0 Å². The molecule has 0 aliphatic heterocycles. The molecule has 180 valence electrons. The van der Waals surface area contributed by atoms with Crippen molar-refractivity contribution in [3.8, 4) is 11.8 Å². The second-order valence-corrected chi connectivity index (χ2v) is 11.6. The lowest BCUT2D eigenvalue weighted by Crippen LogP contribution is -2.48. The minimum absolute atomic E-state index is 0.234. The zero-order valence-corrected chi connectivity index (χ0v) is 21.4. The summed E-state index contributed by atoms with van der Waals surface area (Å²) in [7, 11) is 4.15. The predicted molar refractivity (Wildman–Crippen MR) is 139 cm³/mol. The number of rotatable bonds is 5. The van der Waals surface area contributed by atoms with Gasteiger partial charge in [0.1, 0.15) is 5.60 Å². The number of carbonyl (C=O) groups is 1. The van der Waals surface area contributed by atoms with Gasteiger partial charge in [-0.2, -0.15) is 0 Å². The average Bonchev–Trinajstić information content (AvgIpc) is 3.60. The largest absolute Gasteiger partial charge is 0.378 e. The molecule has 1 aromatic rings. The molecule has 2 fully saturated rings. The molecule has 34 heavy (non-hydrogen) atoms. The van der Waals surface area contributed by atoms with E-state index in [1.165, 1.54) is 28.0 Å². The Balaban J connectivity index is 1.61. The number of benzene rings is 1. The SMILES string of the molecule is CC#C[C@]1(O)[C@H]2C[C@H]2[C@@H](C)[C@]1(C)C[C@@H](C1=C2CCC(=O)C=C2CCC1)c1ccc(N(C)C)cc1. The fourth-order valence-electron chi connectivity index (χ4n) is 7.49. The number of aliphatic hydroxyl groups is 1. The maximum atomic E-state index is 12.2. The zero-order valence-electron chi connectivity index (χ0n) is 21.4. The number of fused-ring (bicyclic) bond motifs is 2. The molecule has 0 aromatic heterocycles. The number of hydrogen-bond donors (Lipinski definition) is 1. The van der Waals surface area contributed by atoms with E-state index in [-0.39, 0.29) is 17.1 Å². The summed E-state index contributed by atoms with van der Waals surface area (Å²) in [6, 6.07) is 9.00. The molecule has 0 bridgehead atoms. The first kappa shape index (κ1) is 23.4. The average molecular weight is 458 g/mol. The second-order valence-electron chi connectivity index (χ2n) is 11.6. The van der Waals surface area contributed by atoms with E-state index in [2.05, 4.69) is 68.9 Å². The van der Waals surface area contributed by atoms with Gasteiger partial charge in [-0.25, -0.2) is 0 Å². The third kappa shape index (κ3) is 3.57. The summed E-state index contributed by atoms with van der Waals surface area (Å²) in [6.45, 7) is 6.50. The van der Waals surface area contributed by atoms with Crippen LogP contribution in [0.5, 0.6) is 0 Å². The number of anilines is 1. The molecule has 0 saturated heterocycles. The van der Waals surface area contributed by atoms with Crippen molar-refractivity contribution in [2.45, 2.75) is 77.2 Å². The molecule has 0 radical (unpaired) electrons. The Kier molecular flexibility index (Phi) is 5.80. The van der Waals surface area contributed by atoms with E-state index in [1.54, 1.807) is 0 Å². The minimum Gasteiger partial charge on any atom is -0.378 e. The van der Waals surface area contributed by atoms with Crippen molar-refractivity contribution in [1.82, 2.24) is 0 Å². The Bertz CT molecular complexity index is 1110. The molecule has 0 spiro atoms. The molecule has 4 aliphatic rings. The number of nitrogens with zero attached hydrogens (tertiary/aromatic N) is 1. The van der Waals surface area contributed by atoms with Gasteiger partial charge in [-0.15, -0.1) is 5.92 Å². The summed E-state index contributed by atoms with van der Waals surface area (Å²) < 4.78 is 0. The lowest BCUT2D eigenvalue weighted by atomic mass is 9.60. The van der Waals surface area contributed by atoms with Gasteiger partial charge in [0.2, 0.25) is 0 Å². The van der Waals surface area contributed by atoms with Crippen molar-refractivity contribution >= 4 is 11.5 Å². The third-order valence-corrected chi connectivity index (χ3v) is 9.69. The van der Waals surface area contributed by atoms with Gasteiger partial charge in [-0.3, -0.25) is 4.79 Å². The number of carbonyl (C=O) groups excluding carboxylic acids is 1. The Morgan fingerprint density at radius 1 is 1.15 bits per heavy atom. The molecule has 0 heterocycles. The third-order valence-electron chi connectivity index (χ3n) is 9.69. The quantitative estimate of drug-likeness (QED) is 0.548. The molecule has 0 amide bonds. The molecule has 1 aromatic carbocycles. The molecule has 2 saturated carbocycles. The fraction of sp³-hybridized carbons (Fsp3) is 0.581. The van der Waals surface area contributed by atoms with Crippen LogP contribution >= 0.6 is 0 Å². The lowest BCUT2D eigenvalue weighted by molar-refractivity contribution is -0.114. The molecule has 5 rings (SSSR count). The van der Waals surface area contributed by atoms with Crippen LogP contribution < -0.4 is 4.90 Å². The van der Waals surface area contributed by atoms with Crippen molar-refractivity contribution in [1.29, 1.82) is 0 Å². The van der Waals surface area contributed by atoms with Crippen LogP contribution in [0.25, 0.3) is 0 Å². The van der Waals surface area contributed by atoms with Gasteiger partial charge in [0, 0.05) is 43.5 Å². The number of allylic oxidation sites excluding steroid dienone is 4. The first-order chi connectivity index (χ1) is 16.2. The summed E-state index contributed by atoms with van der Waals surface area (Å²) >= 11 is 0. The maximum absolute atomic E-state index is 12.2. The van der Waals surface area contributed by atoms with Gasteiger partial charge in [0.05, 0.1) is 0 Å². The van der Waals surface area contributed by atoms with Crippen molar-refractivity contribution in [2.75, 3.05) is 19.0 Å². The lowest BCUT2D eigenvalue weighted by Gasteiger charge is -2.45. The Morgan fingerprint density at radius 2 is 1.88 bits per heavy atom. The topological polar surface area (TPSA) is 40.5 Å². The summed E-state index contributed by atoms with van der Waals surface area (Å²) in [6.07, 6.45) is 8.59. The van der Waals surface area contributed by atoms with Crippen LogP contribution in [0.4, 0.5) is 5.69 Å². The highest BCUT2D eigenvalue weighted by molar-refractivity contribution is 5.93. The van der Waals surface area contributed by atoms with E-state index in [4.69, 9.17) is 0 Å². The normalized spacial score (nSPS) is 35.1. The number of hydrogen-bond acceptors (Lipinski definition) is 3. The van der Waals surface area contributed by atoms with Crippen LogP contribution in [0, 0.1) is 35.0 Å². The van der Waals surface area contributed by atoms with Crippen LogP contribution in [0.3, 0.4) is 0 Å². The summed E-state index contributed by atoms with van der Waals surface area (Å²) in [5.74, 6) is 8.22. The molecule has 1 N–H and O–H groups in total. The highest BCUT2D eigenvalue weighted by Gasteiger charge is 2.71. The highest BCUT2D eigenvalue weighted by Crippen LogP contribution is 2.70. The van der Waals surface area contributed by atoms with Gasteiger partial charge < -0.3 is 10.0 Å². The van der Waals surface area contributed by atoms with Crippen LogP contribution in [-0.2, 0) is 4.79 Å². The van der Waals surface area contributed by atoms with Crippen molar-refractivity contribution in [3.05, 3.63) is 52.6 Å². The summed E-state index contributed by atoms with van der Waals surface area (Å²) in [5.41, 5.74) is 5.53. The summed E-state index contributed by atoms with van der Waals surface area (Å²) in [5, 5.41) is 12.0. The van der Waals surface area contributed by atoms with Gasteiger partial charge in [0.15, 0.2) is 5.78 Å². The zero-order chi connectivity index (χ0) is 24.3. The van der Waals surface area contributed by atoms with Crippen LogP contribution in [-0.4, -0.2) is 30.6 Å². The van der Waals surface area contributed by atoms with E-state index in [0.717, 1.165) is 38.5 Å². The second kappa shape index (κ2) is 8.42. The minimum atomic E-state index is -0.922. The van der Waals surface area contributed by atoms with Gasteiger partial charge in [-0.05, 0) is 92.2 Å². The van der Waals surface area contributed by atoms with E-state index in [0.29, 0.717) is 24.2 Å². The maximum Gasteiger partial charge on any atom is 0.156 e. The van der Waals surface area contributed by atoms with Crippen molar-refractivity contribution in [2.24, 2.45) is 23.2 Å².